The van der Waals surface area contributed by atoms with Gasteiger partial charge in [0.25, 0.3) is 0 Å². The van der Waals surface area contributed by atoms with E-state index in [4.69, 9.17) is 16.7 Å². The molecule has 0 atom stereocenters. The second-order valence-corrected chi connectivity index (χ2v) is 4.85. The summed E-state index contributed by atoms with van der Waals surface area (Å²) in [4.78, 5) is 14.7. The lowest BCUT2D eigenvalue weighted by atomic mass is 10.1. The molecule has 0 radical (unpaired) electrons. The van der Waals surface area contributed by atoms with Crippen LogP contribution in [0.15, 0.2) is 18.3 Å². The summed E-state index contributed by atoms with van der Waals surface area (Å²) in [6, 6.07) is 2.09. The van der Waals surface area contributed by atoms with Crippen LogP contribution in [0.25, 0.3) is 6.08 Å². The monoisotopic (exact) mass is 353 g/mol. The fourth-order valence-electron chi connectivity index (χ4n) is 1.98. The number of rotatable bonds is 4. The first-order valence-electron chi connectivity index (χ1n) is 6.19. The number of aromatic nitrogens is 1. The number of hydrogen-bond acceptors (Lipinski definition) is 4. The molecule has 1 aromatic heterocycles. The Bertz CT molecular complexity index is 492. The van der Waals surface area contributed by atoms with Crippen LogP contribution in [0.1, 0.15) is 18.4 Å². The van der Waals surface area contributed by atoms with E-state index in [2.05, 4.69) is 15.6 Å². The summed E-state index contributed by atoms with van der Waals surface area (Å²) in [7, 11) is 0. The number of nitrogens with one attached hydrogen (secondary N) is 2. The van der Waals surface area contributed by atoms with Gasteiger partial charge in [-0.05, 0) is 43.6 Å². The van der Waals surface area contributed by atoms with Gasteiger partial charge in [0.1, 0.15) is 5.82 Å². The first-order valence-corrected chi connectivity index (χ1v) is 6.57. The van der Waals surface area contributed by atoms with Gasteiger partial charge in [-0.3, -0.25) is 0 Å². The van der Waals surface area contributed by atoms with E-state index in [-0.39, 0.29) is 24.8 Å². The summed E-state index contributed by atoms with van der Waals surface area (Å²) in [5.41, 5.74) is 0.670. The number of anilines is 1. The van der Waals surface area contributed by atoms with Gasteiger partial charge < -0.3 is 15.7 Å². The van der Waals surface area contributed by atoms with Crippen molar-refractivity contribution in [1.29, 1.82) is 0 Å². The topological polar surface area (TPSA) is 74.2 Å². The van der Waals surface area contributed by atoms with Crippen molar-refractivity contribution in [2.45, 2.75) is 18.9 Å². The minimum atomic E-state index is -0.993. The molecule has 2 heterocycles. The lowest BCUT2D eigenvalue weighted by molar-refractivity contribution is -0.131. The third kappa shape index (κ3) is 6.52. The van der Waals surface area contributed by atoms with Crippen molar-refractivity contribution in [3.63, 3.8) is 0 Å². The predicted molar refractivity (Wildman–Crippen MR) is 89.9 cm³/mol. The number of aliphatic carboxylic acids is 1. The van der Waals surface area contributed by atoms with Crippen LogP contribution in [0.5, 0.6) is 0 Å². The molecule has 3 N–H and O–H groups in total. The lowest BCUT2D eigenvalue weighted by Gasteiger charge is -2.24. The van der Waals surface area contributed by atoms with Gasteiger partial charge in [0.2, 0.25) is 0 Å². The summed E-state index contributed by atoms with van der Waals surface area (Å²) >= 11 is 6.14. The quantitative estimate of drug-likeness (QED) is 0.725. The largest absolute Gasteiger partial charge is 0.478 e. The molecule has 0 saturated carbocycles. The number of hydrogen-bond donors (Lipinski definition) is 3. The molecule has 0 aromatic carbocycles. The number of carboxylic acids is 1. The van der Waals surface area contributed by atoms with Gasteiger partial charge in [-0.15, -0.1) is 24.8 Å². The van der Waals surface area contributed by atoms with E-state index >= 15 is 0 Å². The van der Waals surface area contributed by atoms with Gasteiger partial charge in [-0.25, -0.2) is 9.78 Å². The van der Waals surface area contributed by atoms with Crippen molar-refractivity contribution in [1.82, 2.24) is 10.3 Å². The number of carboxylic acid groups (broad SMARTS) is 1. The number of carbonyl (C=O) groups is 1. The zero-order valence-corrected chi connectivity index (χ0v) is 13.6. The zero-order valence-electron chi connectivity index (χ0n) is 11.2. The third-order valence-electron chi connectivity index (χ3n) is 2.96. The van der Waals surface area contributed by atoms with E-state index < -0.39 is 5.97 Å². The molecule has 0 aliphatic carbocycles. The molecule has 8 heteroatoms. The molecule has 1 aromatic rings. The third-order valence-corrected chi connectivity index (χ3v) is 3.25. The Balaban J connectivity index is 0.00000200. The second-order valence-electron chi connectivity index (χ2n) is 4.44. The first-order chi connectivity index (χ1) is 9.15. The molecule has 0 spiro atoms. The lowest BCUT2D eigenvalue weighted by Crippen LogP contribution is -2.35. The molecule has 1 aliphatic heterocycles. The Morgan fingerprint density at radius 2 is 2.10 bits per heavy atom. The maximum absolute atomic E-state index is 10.4. The molecule has 1 aliphatic rings. The number of piperidine rings is 1. The molecule has 2 rings (SSSR count). The van der Waals surface area contributed by atoms with Gasteiger partial charge in [-0.1, -0.05) is 11.6 Å². The van der Waals surface area contributed by atoms with Crippen molar-refractivity contribution in [2.75, 3.05) is 18.4 Å². The maximum Gasteiger partial charge on any atom is 0.328 e. The zero-order chi connectivity index (χ0) is 13.7. The molecule has 1 fully saturated rings. The first kappa shape index (κ1) is 20.0. The minimum absolute atomic E-state index is 0. The molecule has 5 nitrogen and oxygen atoms in total. The van der Waals surface area contributed by atoms with Crippen LogP contribution in [0.2, 0.25) is 5.02 Å². The van der Waals surface area contributed by atoms with Gasteiger partial charge in [0.05, 0.1) is 5.02 Å². The molecule has 1 saturated heterocycles. The van der Waals surface area contributed by atoms with Gasteiger partial charge in [-0.2, -0.15) is 0 Å². The molecule has 118 valence electrons. The smallest absolute Gasteiger partial charge is 0.328 e. The van der Waals surface area contributed by atoms with Crippen molar-refractivity contribution in [3.05, 3.63) is 28.9 Å². The average molecular weight is 355 g/mol. The van der Waals surface area contributed by atoms with E-state index in [1.54, 1.807) is 12.3 Å². The van der Waals surface area contributed by atoms with Crippen LogP contribution in [-0.4, -0.2) is 35.2 Å². The summed E-state index contributed by atoms with van der Waals surface area (Å²) in [6.07, 6.45) is 6.22. The molecular formula is C13H18Cl3N3O2. The SMILES string of the molecule is Cl.Cl.O=C(O)/C=C/c1cnc(NC2CCNCC2)c(Cl)c1. The predicted octanol–water partition coefficient (Wildman–Crippen LogP) is 2.84. The van der Waals surface area contributed by atoms with Crippen molar-refractivity contribution in [3.8, 4) is 0 Å². The highest BCUT2D eigenvalue weighted by molar-refractivity contribution is 6.33. The Kier molecular flexibility index (Phi) is 9.37. The highest BCUT2D eigenvalue weighted by Crippen LogP contribution is 2.22. The Morgan fingerprint density at radius 3 is 2.67 bits per heavy atom. The number of halogens is 3. The van der Waals surface area contributed by atoms with Crippen molar-refractivity contribution in [2.24, 2.45) is 0 Å². The van der Waals surface area contributed by atoms with E-state index in [0.29, 0.717) is 22.4 Å². The van der Waals surface area contributed by atoms with Gasteiger partial charge >= 0.3 is 5.97 Å². The fraction of sp³-hybridized carbons (Fsp3) is 0.385. The van der Waals surface area contributed by atoms with E-state index in [9.17, 15) is 4.79 Å². The average Bonchev–Trinajstić information content (AvgIpc) is 2.40. The van der Waals surface area contributed by atoms with E-state index in [0.717, 1.165) is 32.0 Å². The summed E-state index contributed by atoms with van der Waals surface area (Å²) in [5.74, 6) is -0.339. The second kappa shape index (κ2) is 9.84. The molecule has 0 amide bonds. The maximum atomic E-state index is 10.4. The van der Waals surface area contributed by atoms with Gasteiger partial charge in [0.15, 0.2) is 0 Å². The Labute approximate surface area is 141 Å². The van der Waals surface area contributed by atoms with Crippen LogP contribution in [0, 0.1) is 0 Å². The number of pyridine rings is 1. The standard InChI is InChI=1S/C13H16ClN3O2.2ClH/c14-11-7-9(1-2-12(18)19)8-16-13(11)17-10-3-5-15-6-4-10;;/h1-2,7-8,10,15H,3-6H2,(H,16,17)(H,18,19);2*1H/b2-1+;;. The fourth-order valence-corrected chi connectivity index (χ4v) is 2.21. The highest BCUT2D eigenvalue weighted by atomic mass is 35.5. The van der Waals surface area contributed by atoms with Crippen molar-refractivity contribution >= 4 is 54.3 Å². The molecule has 0 bridgehead atoms. The molecule has 21 heavy (non-hydrogen) atoms. The van der Waals surface area contributed by atoms with Crippen LogP contribution in [0.3, 0.4) is 0 Å². The molecular weight excluding hydrogens is 337 g/mol. The Morgan fingerprint density at radius 1 is 1.43 bits per heavy atom. The van der Waals surface area contributed by atoms with Crippen LogP contribution < -0.4 is 10.6 Å². The van der Waals surface area contributed by atoms with Gasteiger partial charge in [0, 0.05) is 18.3 Å². The van der Waals surface area contributed by atoms with Crippen LogP contribution >= 0.6 is 36.4 Å². The van der Waals surface area contributed by atoms with Crippen LogP contribution in [-0.2, 0) is 4.79 Å². The Hall–Kier alpha value is -1.01. The summed E-state index contributed by atoms with van der Waals surface area (Å²) < 4.78 is 0. The number of nitrogens with zero attached hydrogens (tertiary/aromatic N) is 1. The van der Waals surface area contributed by atoms with Crippen molar-refractivity contribution < 1.29 is 9.90 Å². The van der Waals surface area contributed by atoms with E-state index in [1.807, 2.05) is 0 Å². The summed E-state index contributed by atoms with van der Waals surface area (Å²) in [5, 5.41) is 15.7. The summed E-state index contributed by atoms with van der Waals surface area (Å²) in [6.45, 7) is 1.99. The van der Waals surface area contributed by atoms with E-state index in [1.165, 1.54) is 6.08 Å². The highest BCUT2D eigenvalue weighted by Gasteiger charge is 2.14. The molecule has 0 unspecified atom stereocenters. The minimum Gasteiger partial charge on any atom is -0.478 e. The normalized spacial score (nSPS) is 15.1. The van der Waals surface area contributed by atoms with Crippen LogP contribution in [0.4, 0.5) is 5.82 Å².